The number of nitrogens with zero attached hydrogens (tertiary/aromatic N) is 2. The lowest BCUT2D eigenvalue weighted by Gasteiger charge is -2.09. The molecule has 0 atom stereocenters. The van der Waals surface area contributed by atoms with Gasteiger partial charge in [0.05, 0.1) is 23.8 Å². The van der Waals surface area contributed by atoms with Crippen LogP contribution in [0.15, 0.2) is 30.0 Å². The Kier molecular flexibility index (Phi) is 7.78. The van der Waals surface area contributed by atoms with Crippen molar-refractivity contribution in [3.63, 3.8) is 0 Å². The smallest absolute Gasteiger partial charge is 0.273 e. The molecule has 0 aliphatic rings. The number of non-ortho nitro benzene ring substituents is 1. The predicted molar refractivity (Wildman–Crippen MR) is 89.5 cm³/mol. The first-order chi connectivity index (χ1) is 11.5. The molecule has 1 amide bonds. The third kappa shape index (κ3) is 5.61. The Bertz CT molecular complexity index is 665. The van der Waals surface area contributed by atoms with Gasteiger partial charge in [-0.1, -0.05) is 19.8 Å². The molecule has 8 heteroatoms. The van der Waals surface area contributed by atoms with Gasteiger partial charge in [0, 0.05) is 18.8 Å². The second-order valence-electron chi connectivity index (χ2n) is 4.93. The molecule has 0 aromatic heterocycles. The van der Waals surface area contributed by atoms with Gasteiger partial charge in [0.25, 0.3) is 11.6 Å². The van der Waals surface area contributed by atoms with E-state index in [2.05, 4.69) is 17.6 Å². The molecular formula is C16H20N4O4. The zero-order valence-electron chi connectivity index (χ0n) is 13.7. The summed E-state index contributed by atoms with van der Waals surface area (Å²) in [5, 5.41) is 25.3. The highest BCUT2D eigenvalue weighted by Gasteiger charge is 2.15. The normalized spacial score (nSPS) is 10.6. The molecule has 1 aromatic carbocycles. The van der Waals surface area contributed by atoms with Gasteiger partial charge >= 0.3 is 0 Å². The monoisotopic (exact) mass is 332 g/mol. The topological polar surface area (TPSA) is 117 Å². The van der Waals surface area contributed by atoms with Gasteiger partial charge in [-0.15, -0.1) is 0 Å². The van der Waals surface area contributed by atoms with E-state index in [-0.39, 0.29) is 22.7 Å². The number of nitro groups is 1. The molecule has 0 aliphatic carbocycles. The molecule has 8 nitrogen and oxygen atoms in total. The van der Waals surface area contributed by atoms with Crippen LogP contribution in [-0.4, -0.2) is 24.5 Å². The van der Waals surface area contributed by atoms with E-state index in [0.29, 0.717) is 6.54 Å². The Balaban J connectivity index is 2.79. The lowest BCUT2D eigenvalue weighted by Crippen LogP contribution is -2.17. The predicted octanol–water partition coefficient (Wildman–Crippen LogP) is 2.73. The molecule has 0 spiro atoms. The number of amides is 1. The Hall–Kier alpha value is -3.08. The number of nitriles is 1. The SMILES string of the molecule is CCCCCN/C=C(/C#N)C(=O)Nc1ccc([N+](=O)[O-])cc1OC. The van der Waals surface area contributed by atoms with Crippen molar-refractivity contribution in [3.05, 3.63) is 40.1 Å². The summed E-state index contributed by atoms with van der Waals surface area (Å²) in [5.74, 6) is -0.474. The average Bonchev–Trinajstić information content (AvgIpc) is 2.58. The van der Waals surface area contributed by atoms with Crippen molar-refractivity contribution in [2.45, 2.75) is 26.2 Å². The van der Waals surface area contributed by atoms with Crippen LogP contribution in [0, 0.1) is 21.4 Å². The van der Waals surface area contributed by atoms with E-state index in [1.807, 2.05) is 6.07 Å². The number of hydrogen-bond acceptors (Lipinski definition) is 6. The van der Waals surface area contributed by atoms with Gasteiger partial charge in [0.2, 0.25) is 0 Å². The fourth-order valence-electron chi connectivity index (χ4n) is 1.89. The second-order valence-corrected chi connectivity index (χ2v) is 4.93. The van der Waals surface area contributed by atoms with E-state index in [4.69, 9.17) is 10.00 Å². The molecular weight excluding hydrogens is 312 g/mol. The molecule has 0 heterocycles. The van der Waals surface area contributed by atoms with Crippen molar-refractivity contribution in [1.82, 2.24) is 5.32 Å². The van der Waals surface area contributed by atoms with Crippen LogP contribution in [0.25, 0.3) is 0 Å². The third-order valence-corrected chi connectivity index (χ3v) is 3.18. The Morgan fingerprint density at radius 2 is 2.21 bits per heavy atom. The molecule has 0 saturated carbocycles. The number of rotatable bonds is 9. The minimum absolute atomic E-state index is 0.0908. The number of anilines is 1. The van der Waals surface area contributed by atoms with Crippen LogP contribution in [0.3, 0.4) is 0 Å². The summed E-state index contributed by atoms with van der Waals surface area (Å²) >= 11 is 0. The van der Waals surface area contributed by atoms with Crippen LogP contribution in [0.1, 0.15) is 26.2 Å². The van der Waals surface area contributed by atoms with E-state index < -0.39 is 10.8 Å². The highest BCUT2D eigenvalue weighted by atomic mass is 16.6. The molecule has 1 aromatic rings. The van der Waals surface area contributed by atoms with Gasteiger partial charge in [-0.3, -0.25) is 14.9 Å². The van der Waals surface area contributed by atoms with E-state index >= 15 is 0 Å². The number of carbonyl (C=O) groups is 1. The summed E-state index contributed by atoms with van der Waals surface area (Å²) in [6, 6.07) is 5.63. The number of unbranched alkanes of at least 4 members (excludes halogenated alkanes) is 2. The molecule has 24 heavy (non-hydrogen) atoms. The number of methoxy groups -OCH3 is 1. The van der Waals surface area contributed by atoms with Gasteiger partial charge in [0.1, 0.15) is 17.4 Å². The number of nitrogens with one attached hydrogen (secondary N) is 2. The van der Waals surface area contributed by atoms with Crippen molar-refractivity contribution >= 4 is 17.3 Å². The van der Waals surface area contributed by atoms with Crippen molar-refractivity contribution < 1.29 is 14.5 Å². The molecule has 0 bridgehead atoms. The Morgan fingerprint density at radius 3 is 2.79 bits per heavy atom. The lowest BCUT2D eigenvalue weighted by molar-refractivity contribution is -0.384. The molecule has 0 fully saturated rings. The van der Waals surface area contributed by atoms with E-state index in [0.717, 1.165) is 19.3 Å². The van der Waals surface area contributed by atoms with Crippen molar-refractivity contribution in [2.24, 2.45) is 0 Å². The summed E-state index contributed by atoms with van der Waals surface area (Å²) in [6.45, 7) is 2.76. The number of hydrogen-bond donors (Lipinski definition) is 2. The number of carbonyl (C=O) groups excluding carboxylic acids is 1. The van der Waals surface area contributed by atoms with Crippen molar-refractivity contribution in [3.8, 4) is 11.8 Å². The molecule has 0 aliphatic heterocycles. The third-order valence-electron chi connectivity index (χ3n) is 3.18. The second kappa shape index (κ2) is 9.84. The van der Waals surface area contributed by atoms with Crippen molar-refractivity contribution in [1.29, 1.82) is 5.26 Å². The van der Waals surface area contributed by atoms with Gasteiger partial charge in [-0.25, -0.2) is 0 Å². The maximum absolute atomic E-state index is 12.1. The van der Waals surface area contributed by atoms with E-state index in [9.17, 15) is 14.9 Å². The minimum Gasteiger partial charge on any atom is -0.494 e. The highest BCUT2D eigenvalue weighted by Crippen LogP contribution is 2.29. The minimum atomic E-state index is -0.618. The zero-order chi connectivity index (χ0) is 17.9. The standard InChI is InChI=1S/C16H20N4O4/c1-3-4-5-8-18-11-12(10-17)16(21)19-14-7-6-13(20(22)23)9-15(14)24-2/h6-7,9,11,18H,3-5,8H2,1-2H3,(H,19,21)/b12-11-. The fourth-order valence-corrected chi connectivity index (χ4v) is 1.89. The van der Waals surface area contributed by atoms with Crippen LogP contribution >= 0.6 is 0 Å². The number of nitro benzene ring substituents is 1. The number of benzene rings is 1. The van der Waals surface area contributed by atoms with Crippen LogP contribution < -0.4 is 15.4 Å². The quantitative estimate of drug-likeness (QED) is 0.236. The number of ether oxygens (including phenoxy) is 1. The van der Waals surface area contributed by atoms with Crippen LogP contribution in [0.2, 0.25) is 0 Å². The first-order valence-electron chi connectivity index (χ1n) is 7.50. The summed E-state index contributed by atoms with van der Waals surface area (Å²) in [7, 11) is 1.34. The van der Waals surface area contributed by atoms with Gasteiger partial charge in [-0.05, 0) is 12.5 Å². The maximum Gasteiger partial charge on any atom is 0.273 e. The average molecular weight is 332 g/mol. The molecule has 128 valence electrons. The van der Waals surface area contributed by atoms with Gasteiger partial charge < -0.3 is 15.4 Å². The molecule has 0 radical (unpaired) electrons. The van der Waals surface area contributed by atoms with Gasteiger partial charge in [0.15, 0.2) is 0 Å². The van der Waals surface area contributed by atoms with Crippen LogP contribution in [0.5, 0.6) is 5.75 Å². The Morgan fingerprint density at radius 1 is 1.46 bits per heavy atom. The molecule has 2 N–H and O–H groups in total. The molecule has 0 unspecified atom stereocenters. The summed E-state index contributed by atoms with van der Waals surface area (Å²) < 4.78 is 5.04. The summed E-state index contributed by atoms with van der Waals surface area (Å²) in [6.07, 6.45) is 4.46. The fraction of sp³-hybridized carbons (Fsp3) is 0.375. The first kappa shape index (κ1) is 19.0. The molecule has 1 rings (SSSR count). The summed E-state index contributed by atoms with van der Waals surface area (Å²) in [5.41, 5.74) is 0.00521. The summed E-state index contributed by atoms with van der Waals surface area (Å²) in [4.78, 5) is 22.3. The van der Waals surface area contributed by atoms with Crippen LogP contribution in [0.4, 0.5) is 11.4 Å². The molecule has 0 saturated heterocycles. The van der Waals surface area contributed by atoms with Gasteiger partial charge in [-0.2, -0.15) is 5.26 Å². The van der Waals surface area contributed by atoms with Crippen molar-refractivity contribution in [2.75, 3.05) is 19.0 Å². The first-order valence-corrected chi connectivity index (χ1v) is 7.50. The zero-order valence-corrected chi connectivity index (χ0v) is 13.7. The maximum atomic E-state index is 12.1. The largest absolute Gasteiger partial charge is 0.494 e. The van der Waals surface area contributed by atoms with E-state index in [1.165, 1.54) is 31.5 Å². The van der Waals surface area contributed by atoms with Crippen LogP contribution in [-0.2, 0) is 4.79 Å². The Labute approximate surface area is 140 Å². The van der Waals surface area contributed by atoms with E-state index in [1.54, 1.807) is 0 Å². The lowest BCUT2D eigenvalue weighted by atomic mass is 10.2. The highest BCUT2D eigenvalue weighted by molar-refractivity contribution is 6.07.